The zero-order chi connectivity index (χ0) is 14.8. The van der Waals surface area contributed by atoms with Gasteiger partial charge in [0.15, 0.2) is 0 Å². The van der Waals surface area contributed by atoms with E-state index in [1.807, 2.05) is 30.5 Å². The van der Waals surface area contributed by atoms with E-state index in [1.165, 1.54) is 11.1 Å². The molecule has 1 aromatic carbocycles. The summed E-state index contributed by atoms with van der Waals surface area (Å²) in [7, 11) is 0. The summed E-state index contributed by atoms with van der Waals surface area (Å²) in [6.45, 7) is 6.23. The lowest BCUT2D eigenvalue weighted by atomic mass is 10.1. The summed E-state index contributed by atoms with van der Waals surface area (Å²) in [5.41, 5.74) is 3.60. The van der Waals surface area contributed by atoms with Crippen LogP contribution in [0.4, 0.5) is 5.69 Å². The zero-order valence-corrected chi connectivity index (χ0v) is 13.1. The van der Waals surface area contributed by atoms with E-state index in [1.54, 1.807) is 11.3 Å². The summed E-state index contributed by atoms with van der Waals surface area (Å²) >= 11 is 1.59. The summed E-state index contributed by atoms with van der Waals surface area (Å²) in [6.07, 6.45) is 0. The van der Waals surface area contributed by atoms with Crippen LogP contribution < -0.4 is 5.32 Å². The van der Waals surface area contributed by atoms with Crippen LogP contribution in [0.1, 0.15) is 30.0 Å². The van der Waals surface area contributed by atoms with Crippen LogP contribution in [0.3, 0.4) is 0 Å². The van der Waals surface area contributed by atoms with Crippen molar-refractivity contribution in [2.45, 2.75) is 26.8 Å². The van der Waals surface area contributed by atoms with Crippen molar-refractivity contribution in [1.82, 2.24) is 10.2 Å². The van der Waals surface area contributed by atoms with E-state index in [4.69, 9.17) is 4.42 Å². The molecular formula is C16H17N3OS. The van der Waals surface area contributed by atoms with Gasteiger partial charge in [0.05, 0.1) is 4.88 Å². The first-order valence-electron chi connectivity index (χ1n) is 6.85. The van der Waals surface area contributed by atoms with Crippen LogP contribution in [-0.4, -0.2) is 10.2 Å². The minimum Gasteiger partial charge on any atom is -0.418 e. The number of aryl methyl sites for hydroxylation is 1. The second kappa shape index (κ2) is 5.69. The Labute approximate surface area is 127 Å². The van der Waals surface area contributed by atoms with Gasteiger partial charge in [-0.15, -0.1) is 21.5 Å². The molecule has 2 heterocycles. The predicted octanol–water partition coefficient (Wildman–Crippen LogP) is 4.59. The predicted molar refractivity (Wildman–Crippen MR) is 85.6 cm³/mol. The van der Waals surface area contributed by atoms with E-state index in [0.29, 0.717) is 11.8 Å². The van der Waals surface area contributed by atoms with Crippen molar-refractivity contribution in [2.75, 3.05) is 5.32 Å². The third-order valence-corrected chi connectivity index (χ3v) is 4.38. The summed E-state index contributed by atoms with van der Waals surface area (Å²) in [4.78, 5) is 0.993. The number of nitrogens with zero attached hydrogens (tertiary/aromatic N) is 2. The highest BCUT2D eigenvalue weighted by atomic mass is 32.1. The maximum atomic E-state index is 5.76. The Morgan fingerprint density at radius 1 is 1.14 bits per heavy atom. The third-order valence-electron chi connectivity index (χ3n) is 3.52. The van der Waals surface area contributed by atoms with Crippen molar-refractivity contribution in [3.8, 4) is 10.8 Å². The molecule has 1 N–H and O–H groups in total. The molecule has 0 saturated carbocycles. The molecule has 0 bridgehead atoms. The largest absolute Gasteiger partial charge is 0.418 e. The summed E-state index contributed by atoms with van der Waals surface area (Å²) in [6, 6.07) is 10.1. The molecule has 0 aliphatic carbocycles. The normalized spacial score (nSPS) is 12.3. The van der Waals surface area contributed by atoms with Gasteiger partial charge in [-0.2, -0.15) is 0 Å². The van der Waals surface area contributed by atoms with Gasteiger partial charge in [-0.3, -0.25) is 0 Å². The molecule has 4 nitrogen and oxygen atoms in total. The Morgan fingerprint density at radius 2 is 2.00 bits per heavy atom. The monoisotopic (exact) mass is 299 g/mol. The maximum Gasteiger partial charge on any atom is 0.257 e. The van der Waals surface area contributed by atoms with Gasteiger partial charge < -0.3 is 9.73 Å². The van der Waals surface area contributed by atoms with E-state index < -0.39 is 0 Å². The fourth-order valence-corrected chi connectivity index (χ4v) is 2.76. The van der Waals surface area contributed by atoms with Crippen molar-refractivity contribution in [3.63, 3.8) is 0 Å². The van der Waals surface area contributed by atoms with Crippen LogP contribution >= 0.6 is 11.3 Å². The van der Waals surface area contributed by atoms with Gasteiger partial charge in [0.25, 0.3) is 5.89 Å². The number of hydrogen-bond acceptors (Lipinski definition) is 5. The number of nitrogens with one attached hydrogen (secondary N) is 1. The van der Waals surface area contributed by atoms with E-state index in [0.717, 1.165) is 10.6 Å². The number of aromatic nitrogens is 2. The molecule has 3 rings (SSSR count). The second-order valence-electron chi connectivity index (χ2n) is 5.04. The Balaban J connectivity index is 1.79. The van der Waals surface area contributed by atoms with Crippen LogP contribution in [0.25, 0.3) is 10.8 Å². The third kappa shape index (κ3) is 2.83. The van der Waals surface area contributed by atoms with Gasteiger partial charge in [-0.1, -0.05) is 18.2 Å². The molecule has 0 spiro atoms. The van der Waals surface area contributed by atoms with Crippen molar-refractivity contribution in [3.05, 3.63) is 52.7 Å². The lowest BCUT2D eigenvalue weighted by molar-refractivity contribution is 0.486. The summed E-state index contributed by atoms with van der Waals surface area (Å²) < 4.78 is 5.76. The molecule has 108 valence electrons. The molecule has 1 atom stereocenters. The highest BCUT2D eigenvalue weighted by Crippen LogP contribution is 2.27. The van der Waals surface area contributed by atoms with Gasteiger partial charge in [-0.05, 0) is 49.4 Å². The molecular weight excluding hydrogens is 282 g/mol. The molecule has 0 fully saturated rings. The highest BCUT2D eigenvalue weighted by molar-refractivity contribution is 7.13. The fraction of sp³-hybridized carbons (Fsp3) is 0.250. The van der Waals surface area contributed by atoms with E-state index in [9.17, 15) is 0 Å². The number of thiophene rings is 1. The number of rotatable bonds is 4. The molecule has 1 unspecified atom stereocenters. The number of hydrogen-bond donors (Lipinski definition) is 1. The van der Waals surface area contributed by atoms with Crippen LogP contribution in [0.15, 0.2) is 40.1 Å². The van der Waals surface area contributed by atoms with Crippen molar-refractivity contribution in [2.24, 2.45) is 0 Å². The van der Waals surface area contributed by atoms with Crippen LogP contribution in [0, 0.1) is 13.8 Å². The fourth-order valence-electron chi connectivity index (χ4n) is 2.11. The van der Waals surface area contributed by atoms with Gasteiger partial charge in [0.1, 0.15) is 6.04 Å². The molecule has 0 aliphatic heterocycles. The molecule has 0 aliphatic rings. The Kier molecular flexibility index (Phi) is 3.75. The summed E-state index contributed by atoms with van der Waals surface area (Å²) in [5.74, 6) is 1.17. The minimum atomic E-state index is -0.0355. The lowest BCUT2D eigenvalue weighted by Gasteiger charge is -2.15. The van der Waals surface area contributed by atoms with Gasteiger partial charge in [-0.25, -0.2) is 0 Å². The van der Waals surface area contributed by atoms with E-state index in [-0.39, 0.29) is 6.04 Å². The molecule has 5 heteroatoms. The smallest absolute Gasteiger partial charge is 0.257 e. The first-order chi connectivity index (χ1) is 10.1. The van der Waals surface area contributed by atoms with Gasteiger partial charge in [0.2, 0.25) is 5.89 Å². The quantitative estimate of drug-likeness (QED) is 0.765. The van der Waals surface area contributed by atoms with E-state index >= 15 is 0 Å². The second-order valence-corrected chi connectivity index (χ2v) is 5.98. The van der Waals surface area contributed by atoms with Crippen molar-refractivity contribution >= 4 is 17.0 Å². The Bertz CT molecular complexity index is 734. The minimum absolute atomic E-state index is 0.0355. The SMILES string of the molecule is Cc1cccc(NC(C)c2nnc(-c3cccs3)o2)c1C. The number of benzene rings is 1. The molecule has 3 aromatic rings. The zero-order valence-electron chi connectivity index (χ0n) is 12.3. The Hall–Kier alpha value is -2.14. The molecule has 2 aromatic heterocycles. The summed E-state index contributed by atoms with van der Waals surface area (Å²) in [5, 5.41) is 13.7. The topological polar surface area (TPSA) is 51.0 Å². The van der Waals surface area contributed by atoms with E-state index in [2.05, 4.69) is 41.5 Å². The molecule has 0 amide bonds. The molecule has 21 heavy (non-hydrogen) atoms. The first-order valence-corrected chi connectivity index (χ1v) is 7.73. The van der Waals surface area contributed by atoms with Crippen LogP contribution in [0.5, 0.6) is 0 Å². The van der Waals surface area contributed by atoms with Gasteiger partial charge >= 0.3 is 0 Å². The molecule has 0 radical (unpaired) electrons. The Morgan fingerprint density at radius 3 is 2.76 bits per heavy atom. The number of anilines is 1. The average molecular weight is 299 g/mol. The first kappa shape index (κ1) is 13.8. The maximum absolute atomic E-state index is 5.76. The van der Waals surface area contributed by atoms with Crippen molar-refractivity contribution < 1.29 is 4.42 Å². The average Bonchev–Trinajstić information content (AvgIpc) is 3.13. The standard InChI is InChI=1S/C16H17N3OS/c1-10-6-4-7-13(11(10)2)17-12(3)15-18-19-16(20-15)14-8-5-9-21-14/h4-9,12,17H,1-3H3. The highest BCUT2D eigenvalue weighted by Gasteiger charge is 2.16. The van der Waals surface area contributed by atoms with Gasteiger partial charge in [0, 0.05) is 5.69 Å². The van der Waals surface area contributed by atoms with Crippen LogP contribution in [0.2, 0.25) is 0 Å². The molecule has 0 saturated heterocycles. The van der Waals surface area contributed by atoms with Crippen LogP contribution in [-0.2, 0) is 0 Å². The lowest BCUT2D eigenvalue weighted by Crippen LogP contribution is -2.08. The van der Waals surface area contributed by atoms with Crippen molar-refractivity contribution in [1.29, 1.82) is 0 Å².